The third-order valence-corrected chi connectivity index (χ3v) is 13.4. The molecular formula is C50H55Cl2F2N9O7. The van der Waals surface area contributed by atoms with Gasteiger partial charge in [-0.25, -0.2) is 28.7 Å². The molecule has 2 aliphatic heterocycles. The third-order valence-electron chi connectivity index (χ3n) is 12.8. The van der Waals surface area contributed by atoms with E-state index in [-0.39, 0.29) is 52.6 Å². The van der Waals surface area contributed by atoms with Crippen LogP contribution in [0.25, 0.3) is 21.8 Å². The van der Waals surface area contributed by atoms with Gasteiger partial charge in [-0.2, -0.15) is 0 Å². The standard InChI is InChI=1S/C28H32ClFN4O4.C22H23ClFN5O3/c1-34(28(35)17-9-11-37-12-10-17)19-4-6-20(7-5-19)38-26-14-21-24(15-25(26)36-2)31-16-32-27(21)33-18-3-8-23(30)22(29)13-18;1-31-19-10-18-15(9-20(19)32-14-4-6-29(7-5-14)11-21(25)30)22(27-12-26-18)28-13-2-3-17(24)16(23)8-13/h3,8,13-17,19-20H,4-7,9-12H2,1-2H3,(H,31,32,33);2-3,8-10,12,14H,4-7,11H2,1H3,(H2,25,30)(H,26,27,28). The number of rotatable bonds is 14. The highest BCUT2D eigenvalue weighted by Gasteiger charge is 2.32. The maximum absolute atomic E-state index is 13.6. The summed E-state index contributed by atoms with van der Waals surface area (Å²) in [5.74, 6) is 2.38. The molecule has 4 N–H and O–H groups in total. The summed E-state index contributed by atoms with van der Waals surface area (Å²) in [6, 6.07) is 16.3. The van der Waals surface area contributed by atoms with E-state index in [1.165, 1.54) is 36.9 Å². The monoisotopic (exact) mass is 1000 g/mol. The molecule has 9 rings (SSSR count). The zero-order valence-electron chi connectivity index (χ0n) is 39.1. The van der Waals surface area contributed by atoms with Gasteiger partial charge >= 0.3 is 0 Å². The summed E-state index contributed by atoms with van der Waals surface area (Å²) in [5, 5.41) is 7.84. The Kier molecular flexibility index (Phi) is 16.5. The van der Waals surface area contributed by atoms with Gasteiger partial charge in [0.25, 0.3) is 0 Å². The van der Waals surface area contributed by atoms with E-state index in [0.717, 1.165) is 75.2 Å². The fourth-order valence-electron chi connectivity index (χ4n) is 8.98. The molecule has 0 atom stereocenters. The smallest absolute Gasteiger partial charge is 0.231 e. The SMILES string of the molecule is COc1cc2ncnc(Nc3ccc(F)c(Cl)c3)c2cc1OC1CCC(N(C)C(=O)C2CCOCC2)CC1.COc1cc2ncnc(Nc3ccc(F)c(Cl)c3)c2cc1OC1CCN(CC(N)=O)CC1. The average molecular weight is 1000 g/mol. The number of piperidine rings is 1. The predicted octanol–water partition coefficient (Wildman–Crippen LogP) is 9.25. The summed E-state index contributed by atoms with van der Waals surface area (Å²) in [6.45, 7) is 3.04. The number of hydrogen-bond donors (Lipinski definition) is 3. The van der Waals surface area contributed by atoms with E-state index in [9.17, 15) is 18.4 Å². The zero-order valence-corrected chi connectivity index (χ0v) is 40.6. The summed E-state index contributed by atoms with van der Waals surface area (Å²) in [6.07, 6.45) is 9.43. The Balaban J connectivity index is 0.000000191. The van der Waals surface area contributed by atoms with Crippen molar-refractivity contribution in [2.75, 3.05) is 64.7 Å². The second kappa shape index (κ2) is 23.1. The van der Waals surface area contributed by atoms with Gasteiger partial charge in [-0.3, -0.25) is 14.5 Å². The number of hydrogen-bond acceptors (Lipinski definition) is 14. The highest BCUT2D eigenvalue weighted by Crippen LogP contribution is 2.39. The van der Waals surface area contributed by atoms with Gasteiger partial charge in [-0.05, 0) is 99.9 Å². The van der Waals surface area contributed by atoms with Crippen molar-refractivity contribution in [2.45, 2.75) is 69.6 Å². The number of fused-ring (bicyclic) bond motifs is 2. The lowest BCUT2D eigenvalue weighted by molar-refractivity contribution is -0.140. The number of nitrogens with two attached hydrogens (primary N) is 1. The third kappa shape index (κ3) is 12.3. The maximum Gasteiger partial charge on any atom is 0.231 e. The van der Waals surface area contributed by atoms with Gasteiger partial charge in [0, 0.05) is 79.6 Å². The van der Waals surface area contributed by atoms with Crippen LogP contribution in [0.5, 0.6) is 23.0 Å². The lowest BCUT2D eigenvalue weighted by atomic mass is 9.90. The number of nitrogens with zero attached hydrogens (tertiary/aromatic N) is 6. The number of nitrogens with one attached hydrogen (secondary N) is 2. The highest BCUT2D eigenvalue weighted by atomic mass is 35.5. The van der Waals surface area contributed by atoms with Crippen LogP contribution in [0, 0.1) is 17.6 Å². The van der Waals surface area contributed by atoms with Crippen LogP contribution in [-0.4, -0.2) is 114 Å². The van der Waals surface area contributed by atoms with E-state index in [1.54, 1.807) is 32.4 Å². The van der Waals surface area contributed by atoms with Gasteiger partial charge < -0.3 is 45.0 Å². The summed E-state index contributed by atoms with van der Waals surface area (Å²) in [5.41, 5.74) is 7.82. The van der Waals surface area contributed by atoms with Crippen LogP contribution in [0.2, 0.25) is 10.0 Å². The highest BCUT2D eigenvalue weighted by molar-refractivity contribution is 6.31. The summed E-state index contributed by atoms with van der Waals surface area (Å²) < 4.78 is 56.3. The largest absolute Gasteiger partial charge is 0.493 e. The second-order valence-corrected chi connectivity index (χ2v) is 18.3. The quantitative estimate of drug-likeness (QED) is 0.0937. The normalized spacial score (nSPS) is 17.8. The molecule has 0 spiro atoms. The van der Waals surface area contributed by atoms with Crippen molar-refractivity contribution < 1.29 is 42.1 Å². The number of methoxy groups -OCH3 is 2. The van der Waals surface area contributed by atoms with Gasteiger partial charge in [-0.15, -0.1) is 0 Å². The number of aromatic nitrogens is 4. The first kappa shape index (κ1) is 50.1. The molecule has 3 fully saturated rings. The van der Waals surface area contributed by atoms with Gasteiger partial charge in [-0.1, -0.05) is 23.2 Å². The number of primary amides is 1. The molecule has 4 heterocycles. The predicted molar refractivity (Wildman–Crippen MR) is 264 cm³/mol. The van der Waals surface area contributed by atoms with E-state index in [0.29, 0.717) is 70.3 Å². The molecule has 2 saturated heterocycles. The average Bonchev–Trinajstić information content (AvgIpc) is 3.37. The number of likely N-dealkylation sites (tertiary alicyclic amines) is 1. The van der Waals surface area contributed by atoms with Gasteiger partial charge in [0.1, 0.15) is 42.0 Å². The minimum atomic E-state index is -0.493. The first-order valence-electron chi connectivity index (χ1n) is 23.1. The van der Waals surface area contributed by atoms with Crippen LogP contribution in [0.4, 0.5) is 31.8 Å². The molecule has 6 aromatic rings. The van der Waals surface area contributed by atoms with Crippen LogP contribution in [0.15, 0.2) is 73.3 Å². The lowest BCUT2D eigenvalue weighted by Crippen LogP contribution is -2.44. The molecular weight excluding hydrogens is 948 g/mol. The van der Waals surface area contributed by atoms with E-state index >= 15 is 0 Å². The van der Waals surface area contributed by atoms with Crippen LogP contribution in [0.3, 0.4) is 0 Å². The van der Waals surface area contributed by atoms with Crippen molar-refractivity contribution in [1.82, 2.24) is 29.7 Å². The minimum Gasteiger partial charge on any atom is -0.493 e. The number of anilines is 4. The molecule has 370 valence electrons. The van der Waals surface area contributed by atoms with Gasteiger partial charge in [0.15, 0.2) is 23.0 Å². The summed E-state index contributed by atoms with van der Waals surface area (Å²) in [7, 11) is 5.10. The number of carbonyl (C=O) groups excluding carboxylic acids is 2. The second-order valence-electron chi connectivity index (χ2n) is 17.4. The van der Waals surface area contributed by atoms with Crippen molar-refractivity contribution in [1.29, 1.82) is 0 Å². The van der Waals surface area contributed by atoms with Crippen molar-refractivity contribution in [3.8, 4) is 23.0 Å². The first-order valence-corrected chi connectivity index (χ1v) is 23.9. The molecule has 1 aliphatic carbocycles. The Morgan fingerprint density at radius 2 is 1.19 bits per heavy atom. The van der Waals surface area contributed by atoms with Crippen LogP contribution >= 0.6 is 23.2 Å². The fourth-order valence-corrected chi connectivity index (χ4v) is 9.34. The molecule has 2 amide bonds. The topological polar surface area (TPSA) is 188 Å². The van der Waals surface area contributed by atoms with Crippen molar-refractivity contribution >= 4 is 79.8 Å². The first-order chi connectivity index (χ1) is 33.8. The molecule has 20 heteroatoms. The van der Waals surface area contributed by atoms with Crippen LogP contribution in [0.1, 0.15) is 51.4 Å². The minimum absolute atomic E-state index is 0.00104. The molecule has 70 heavy (non-hydrogen) atoms. The molecule has 0 unspecified atom stereocenters. The van der Waals surface area contributed by atoms with Crippen LogP contribution in [-0.2, 0) is 14.3 Å². The summed E-state index contributed by atoms with van der Waals surface area (Å²) in [4.78, 5) is 45.5. The van der Waals surface area contributed by atoms with Gasteiger partial charge in [0.05, 0.1) is 47.9 Å². The van der Waals surface area contributed by atoms with Crippen molar-refractivity contribution in [3.63, 3.8) is 0 Å². The Morgan fingerprint density at radius 3 is 1.64 bits per heavy atom. The number of benzene rings is 4. The fraction of sp³-hybridized carbons (Fsp3) is 0.400. The number of carbonyl (C=O) groups is 2. The van der Waals surface area contributed by atoms with Gasteiger partial charge in [0.2, 0.25) is 11.8 Å². The number of ether oxygens (including phenoxy) is 5. The Labute approximate surface area is 414 Å². The molecule has 4 aromatic carbocycles. The molecule has 0 radical (unpaired) electrons. The maximum atomic E-state index is 13.6. The Bertz CT molecular complexity index is 2810. The van der Waals surface area contributed by atoms with E-state index < -0.39 is 11.6 Å². The van der Waals surface area contributed by atoms with Crippen molar-refractivity contribution in [3.05, 3.63) is 95.0 Å². The van der Waals surface area contributed by atoms with Crippen molar-refractivity contribution in [2.24, 2.45) is 11.7 Å². The lowest BCUT2D eigenvalue weighted by Gasteiger charge is -2.37. The van der Waals surface area contributed by atoms with E-state index in [4.69, 9.17) is 52.6 Å². The molecule has 1 saturated carbocycles. The summed E-state index contributed by atoms with van der Waals surface area (Å²) >= 11 is 11.8. The number of amides is 2. The molecule has 3 aliphatic rings. The molecule has 16 nitrogen and oxygen atoms in total. The Hall–Kier alpha value is -6.34. The Morgan fingerprint density at radius 1 is 0.700 bits per heavy atom. The zero-order chi connectivity index (χ0) is 49.3. The number of halogens is 4. The molecule has 0 bridgehead atoms. The van der Waals surface area contributed by atoms with E-state index in [2.05, 4.69) is 30.6 Å². The van der Waals surface area contributed by atoms with E-state index in [1.807, 2.05) is 35.0 Å². The van der Waals surface area contributed by atoms with Crippen LogP contribution < -0.4 is 35.3 Å². The molecule has 2 aromatic heterocycles.